The average Bonchev–Trinajstić information content (AvgIpc) is 3.22. The molecule has 14 heteroatoms. The SMILES string of the molecule is CC(C)C[C@@H](C(=O)NN1C(=O)NC2(CCNCC2)C1=O)[C@H](CCCc1ccccc1)C(=O)NO.Cc1ccc(S(=O)(=O)O)cc1. The van der Waals surface area contributed by atoms with Gasteiger partial charge in [0, 0.05) is 0 Å². The summed E-state index contributed by atoms with van der Waals surface area (Å²) in [4.78, 5) is 51.5. The molecule has 0 bridgehead atoms. The highest BCUT2D eigenvalue weighted by Crippen LogP contribution is 2.29. The zero-order valence-corrected chi connectivity index (χ0v) is 26.6. The third kappa shape index (κ3) is 9.82. The summed E-state index contributed by atoms with van der Waals surface area (Å²) in [6, 6.07) is 15.1. The predicted octanol–water partition coefficient (Wildman–Crippen LogP) is 2.74. The lowest BCUT2D eigenvalue weighted by atomic mass is 9.81. The van der Waals surface area contributed by atoms with Gasteiger partial charge in [0.05, 0.1) is 16.7 Å². The van der Waals surface area contributed by atoms with Crippen molar-refractivity contribution < 1.29 is 37.4 Å². The molecule has 2 aromatic carbocycles. The van der Waals surface area contributed by atoms with E-state index in [-0.39, 0.29) is 10.8 Å². The molecule has 5 amide bonds. The molecule has 2 aliphatic heterocycles. The Morgan fingerprint density at radius 1 is 0.978 bits per heavy atom. The summed E-state index contributed by atoms with van der Waals surface area (Å²) in [7, 11) is -4.02. The van der Waals surface area contributed by atoms with Gasteiger partial charge in [-0.05, 0) is 82.2 Å². The smallest absolute Gasteiger partial charge is 0.321 e. The van der Waals surface area contributed by atoms with Crippen molar-refractivity contribution in [3.8, 4) is 0 Å². The van der Waals surface area contributed by atoms with E-state index < -0.39 is 51.2 Å². The maximum atomic E-state index is 13.3. The van der Waals surface area contributed by atoms with Crippen molar-refractivity contribution in [2.45, 2.75) is 69.7 Å². The Morgan fingerprint density at radius 3 is 2.16 bits per heavy atom. The second-order valence-electron chi connectivity index (χ2n) is 11.9. The number of benzene rings is 2. The van der Waals surface area contributed by atoms with Crippen LogP contribution in [0.2, 0.25) is 0 Å². The molecular weight excluding hydrogens is 602 g/mol. The topological polar surface area (TPSA) is 194 Å². The summed E-state index contributed by atoms with van der Waals surface area (Å²) < 4.78 is 29.6. The molecule has 4 rings (SSSR count). The van der Waals surface area contributed by atoms with Gasteiger partial charge in [-0.25, -0.2) is 10.3 Å². The van der Waals surface area contributed by atoms with Crippen LogP contribution >= 0.6 is 0 Å². The van der Waals surface area contributed by atoms with Crippen LogP contribution in [0.5, 0.6) is 0 Å². The van der Waals surface area contributed by atoms with Gasteiger partial charge < -0.3 is 10.6 Å². The molecule has 2 aliphatic rings. The molecule has 13 nitrogen and oxygen atoms in total. The number of hydroxylamine groups is 1. The quantitative estimate of drug-likeness (QED) is 0.0922. The van der Waals surface area contributed by atoms with Crippen molar-refractivity contribution >= 4 is 33.9 Å². The van der Waals surface area contributed by atoms with Crippen LogP contribution in [-0.4, -0.2) is 65.6 Å². The third-order valence-electron chi connectivity index (χ3n) is 7.98. The summed E-state index contributed by atoms with van der Waals surface area (Å²) in [5.41, 5.74) is 5.22. The summed E-state index contributed by atoms with van der Waals surface area (Å²) in [6.07, 6.45) is 2.94. The Morgan fingerprint density at radius 2 is 1.60 bits per heavy atom. The lowest BCUT2D eigenvalue weighted by molar-refractivity contribution is -0.146. The number of hydrogen-bond acceptors (Lipinski definition) is 8. The molecule has 6 N–H and O–H groups in total. The number of carbonyl (C=O) groups excluding carboxylic acids is 4. The Kier molecular flexibility index (Phi) is 12.6. The number of hydrogen-bond donors (Lipinski definition) is 6. The molecule has 2 heterocycles. The number of nitrogens with zero attached hydrogens (tertiary/aromatic N) is 1. The normalized spacial score (nSPS) is 17.2. The fourth-order valence-electron chi connectivity index (χ4n) is 5.55. The van der Waals surface area contributed by atoms with E-state index in [1.807, 2.05) is 51.1 Å². The predicted molar refractivity (Wildman–Crippen MR) is 165 cm³/mol. The second kappa shape index (κ2) is 15.9. The van der Waals surface area contributed by atoms with Crippen molar-refractivity contribution in [1.29, 1.82) is 0 Å². The van der Waals surface area contributed by atoms with Gasteiger partial charge in [0.15, 0.2) is 0 Å². The zero-order chi connectivity index (χ0) is 33.2. The van der Waals surface area contributed by atoms with Crippen molar-refractivity contribution in [3.63, 3.8) is 0 Å². The molecule has 2 saturated heterocycles. The molecule has 2 fully saturated rings. The van der Waals surface area contributed by atoms with Crippen LogP contribution in [0.4, 0.5) is 4.79 Å². The number of nitrogens with one attached hydrogen (secondary N) is 4. The molecule has 0 unspecified atom stereocenters. The lowest BCUT2D eigenvalue weighted by Crippen LogP contribution is -2.55. The van der Waals surface area contributed by atoms with E-state index in [1.165, 1.54) is 12.1 Å². The Balaban J connectivity index is 0.000000423. The van der Waals surface area contributed by atoms with Gasteiger partial charge in [-0.2, -0.15) is 13.4 Å². The molecule has 0 saturated carbocycles. The Bertz CT molecular complexity index is 1430. The number of hydrazine groups is 1. The van der Waals surface area contributed by atoms with Gasteiger partial charge in [-0.3, -0.25) is 29.6 Å². The zero-order valence-electron chi connectivity index (χ0n) is 25.8. The van der Waals surface area contributed by atoms with Crippen LogP contribution in [0.15, 0.2) is 59.5 Å². The summed E-state index contributed by atoms with van der Waals surface area (Å²) in [6.45, 7) is 6.87. The first-order valence-electron chi connectivity index (χ1n) is 15.0. The van der Waals surface area contributed by atoms with Gasteiger partial charge in [-0.1, -0.05) is 61.9 Å². The number of amides is 5. The van der Waals surface area contributed by atoms with Gasteiger partial charge in [0.1, 0.15) is 5.54 Å². The van der Waals surface area contributed by atoms with Crippen LogP contribution in [0.1, 0.15) is 57.1 Å². The van der Waals surface area contributed by atoms with E-state index in [9.17, 15) is 32.8 Å². The Labute approximate surface area is 263 Å². The standard InChI is InChI=1S/C24H35N5O5.C7H8O3S/c1-16(2)15-19(18(21(31)28-34)10-6-9-17-7-4-3-5-8-17)20(30)27-29-22(32)24(26-23(29)33)11-13-25-14-12-24;1-6-2-4-7(5-3-6)11(8,9)10/h3-5,7-8,16,18-19,25,34H,6,9-15H2,1-2H3,(H,26,33)(H,27,30)(H,28,31);2-5H,1H3,(H,8,9,10)/t18-,19+;/m0./s1. The Hall–Kier alpha value is -3.85. The molecule has 2 aromatic rings. The highest BCUT2D eigenvalue weighted by molar-refractivity contribution is 7.85. The molecule has 1 spiro atoms. The van der Waals surface area contributed by atoms with Crippen molar-refractivity contribution in [2.75, 3.05) is 13.1 Å². The second-order valence-corrected chi connectivity index (χ2v) is 13.3. The van der Waals surface area contributed by atoms with E-state index in [4.69, 9.17) is 4.55 Å². The number of piperidine rings is 1. The van der Waals surface area contributed by atoms with Gasteiger partial charge in [-0.15, -0.1) is 0 Å². The van der Waals surface area contributed by atoms with Crippen LogP contribution in [0, 0.1) is 24.7 Å². The summed E-state index contributed by atoms with van der Waals surface area (Å²) in [5.74, 6) is -3.30. The highest BCUT2D eigenvalue weighted by Gasteiger charge is 2.52. The number of aryl methyl sites for hydroxylation is 2. The minimum absolute atomic E-state index is 0.0666. The maximum absolute atomic E-state index is 13.3. The van der Waals surface area contributed by atoms with E-state index in [2.05, 4.69) is 16.1 Å². The first-order chi connectivity index (χ1) is 21.3. The molecule has 45 heavy (non-hydrogen) atoms. The van der Waals surface area contributed by atoms with Crippen LogP contribution < -0.4 is 21.5 Å². The van der Waals surface area contributed by atoms with E-state index in [0.717, 1.165) is 22.6 Å². The first-order valence-corrected chi connectivity index (χ1v) is 16.4. The van der Waals surface area contributed by atoms with Crippen LogP contribution in [-0.2, 0) is 30.9 Å². The molecule has 2 atom stereocenters. The lowest BCUT2D eigenvalue weighted by Gasteiger charge is -2.31. The largest absolute Gasteiger partial charge is 0.344 e. The van der Waals surface area contributed by atoms with Gasteiger partial charge >= 0.3 is 6.03 Å². The number of carbonyl (C=O) groups is 4. The summed E-state index contributed by atoms with van der Waals surface area (Å²) in [5, 5.41) is 16.0. The summed E-state index contributed by atoms with van der Waals surface area (Å²) >= 11 is 0. The van der Waals surface area contributed by atoms with E-state index >= 15 is 0 Å². The van der Waals surface area contributed by atoms with E-state index in [0.29, 0.717) is 45.2 Å². The number of imide groups is 1. The van der Waals surface area contributed by atoms with Gasteiger partial charge in [0.2, 0.25) is 11.8 Å². The molecular formula is C31H43N5O8S. The van der Waals surface area contributed by atoms with Crippen LogP contribution in [0.25, 0.3) is 0 Å². The maximum Gasteiger partial charge on any atom is 0.344 e. The van der Waals surface area contributed by atoms with Crippen LogP contribution in [0.3, 0.4) is 0 Å². The minimum atomic E-state index is -4.02. The highest BCUT2D eigenvalue weighted by atomic mass is 32.2. The van der Waals surface area contributed by atoms with E-state index in [1.54, 1.807) is 17.6 Å². The average molecular weight is 646 g/mol. The fraction of sp³-hybridized carbons (Fsp3) is 0.484. The number of urea groups is 1. The van der Waals surface area contributed by atoms with Crippen molar-refractivity contribution in [1.82, 2.24) is 26.5 Å². The van der Waals surface area contributed by atoms with Gasteiger partial charge in [0.25, 0.3) is 16.0 Å². The van der Waals surface area contributed by atoms with Crippen molar-refractivity contribution in [3.05, 3.63) is 65.7 Å². The molecule has 0 aromatic heterocycles. The monoisotopic (exact) mass is 645 g/mol. The minimum Gasteiger partial charge on any atom is -0.321 e. The fourth-order valence-corrected chi connectivity index (χ4v) is 6.03. The van der Waals surface area contributed by atoms with Crippen molar-refractivity contribution in [2.24, 2.45) is 17.8 Å². The molecule has 0 aliphatic carbocycles. The first kappa shape index (κ1) is 35.6. The molecule has 246 valence electrons. The molecule has 0 radical (unpaired) electrons. The third-order valence-corrected chi connectivity index (χ3v) is 8.85. The number of rotatable bonds is 11.